The highest BCUT2D eigenvalue weighted by atomic mass is 16.5. The zero-order chi connectivity index (χ0) is 18.0. The van der Waals surface area contributed by atoms with Gasteiger partial charge in [-0.15, -0.1) is 0 Å². The summed E-state index contributed by atoms with van der Waals surface area (Å²) in [5, 5.41) is 0. The average molecular weight is 327 g/mol. The third-order valence-electron chi connectivity index (χ3n) is 4.33. The maximum atomic E-state index is 12.1. The van der Waals surface area contributed by atoms with Crippen molar-refractivity contribution in [2.45, 2.75) is 27.2 Å². The van der Waals surface area contributed by atoms with Crippen LogP contribution in [0.2, 0.25) is 0 Å². The number of hydrogen-bond donors (Lipinski definition) is 0. The highest BCUT2D eigenvalue weighted by Crippen LogP contribution is 2.37. The molecule has 0 unspecified atom stereocenters. The monoisotopic (exact) mass is 327 g/mol. The molecule has 128 valence electrons. The number of aromatic nitrogens is 1. The lowest BCUT2D eigenvalue weighted by atomic mass is 9.96. The summed E-state index contributed by atoms with van der Waals surface area (Å²) in [6, 6.07) is 3.99. The normalized spacial score (nSPS) is 10.6. The van der Waals surface area contributed by atoms with Gasteiger partial charge in [0.25, 0.3) is 5.56 Å². The quantitative estimate of drug-likeness (QED) is 0.784. The zero-order valence-electron chi connectivity index (χ0n) is 15.3. The number of methoxy groups -OCH3 is 2. The highest BCUT2D eigenvalue weighted by molar-refractivity contribution is 5.72. The Labute approximate surface area is 143 Å². The largest absolute Gasteiger partial charge is 0.496 e. The molecule has 0 N–H and O–H groups in total. The van der Waals surface area contributed by atoms with E-state index in [1.165, 1.54) is 0 Å². The SMILES string of the molecule is C=C(C)Cc1c(OC)cc(-c2cn(C)c(=O)c(C)c2C)cc1OC. The molecule has 2 rings (SSSR count). The van der Waals surface area contributed by atoms with Crippen molar-refractivity contribution in [3.8, 4) is 22.6 Å². The summed E-state index contributed by atoms with van der Waals surface area (Å²) >= 11 is 0. The topological polar surface area (TPSA) is 40.5 Å². The summed E-state index contributed by atoms with van der Waals surface area (Å²) in [5.41, 5.74) is 5.71. The van der Waals surface area contributed by atoms with Gasteiger partial charge < -0.3 is 14.0 Å². The molecule has 0 atom stereocenters. The van der Waals surface area contributed by atoms with Crippen LogP contribution in [0.3, 0.4) is 0 Å². The van der Waals surface area contributed by atoms with Gasteiger partial charge in [-0.25, -0.2) is 0 Å². The minimum Gasteiger partial charge on any atom is -0.496 e. The fraction of sp³-hybridized carbons (Fsp3) is 0.350. The van der Waals surface area contributed by atoms with Crippen LogP contribution in [0.4, 0.5) is 0 Å². The van der Waals surface area contributed by atoms with Crippen molar-refractivity contribution in [2.75, 3.05) is 14.2 Å². The smallest absolute Gasteiger partial charge is 0.253 e. The third-order valence-corrected chi connectivity index (χ3v) is 4.33. The molecule has 2 aromatic rings. The van der Waals surface area contributed by atoms with E-state index in [2.05, 4.69) is 6.58 Å². The van der Waals surface area contributed by atoms with Crippen molar-refractivity contribution >= 4 is 0 Å². The summed E-state index contributed by atoms with van der Waals surface area (Å²) < 4.78 is 12.8. The van der Waals surface area contributed by atoms with Gasteiger partial charge in [-0.1, -0.05) is 12.2 Å². The van der Waals surface area contributed by atoms with Crippen LogP contribution in [0.25, 0.3) is 11.1 Å². The van der Waals surface area contributed by atoms with E-state index >= 15 is 0 Å². The lowest BCUT2D eigenvalue weighted by Crippen LogP contribution is -2.20. The van der Waals surface area contributed by atoms with Crippen LogP contribution in [0.15, 0.2) is 35.3 Å². The van der Waals surface area contributed by atoms with Crippen molar-refractivity contribution in [2.24, 2.45) is 7.05 Å². The number of rotatable bonds is 5. The van der Waals surface area contributed by atoms with Crippen molar-refractivity contribution in [1.29, 1.82) is 0 Å². The van der Waals surface area contributed by atoms with Crippen molar-refractivity contribution in [3.05, 3.63) is 57.5 Å². The van der Waals surface area contributed by atoms with E-state index < -0.39 is 0 Å². The van der Waals surface area contributed by atoms with Gasteiger partial charge in [0.1, 0.15) is 11.5 Å². The molecule has 0 radical (unpaired) electrons. The van der Waals surface area contributed by atoms with E-state index in [4.69, 9.17) is 9.47 Å². The Hall–Kier alpha value is -2.49. The molecule has 1 aromatic carbocycles. The van der Waals surface area contributed by atoms with E-state index in [0.29, 0.717) is 6.42 Å². The van der Waals surface area contributed by atoms with Crippen molar-refractivity contribution in [1.82, 2.24) is 4.57 Å². The number of pyridine rings is 1. The molecule has 0 amide bonds. The van der Waals surface area contributed by atoms with Gasteiger partial charge in [-0.2, -0.15) is 0 Å². The lowest BCUT2D eigenvalue weighted by Gasteiger charge is -2.17. The van der Waals surface area contributed by atoms with Crippen LogP contribution in [0.5, 0.6) is 11.5 Å². The molecule has 24 heavy (non-hydrogen) atoms. The van der Waals surface area contributed by atoms with Crippen LogP contribution >= 0.6 is 0 Å². The fourth-order valence-electron chi connectivity index (χ4n) is 2.88. The van der Waals surface area contributed by atoms with E-state index in [1.807, 2.05) is 39.1 Å². The van der Waals surface area contributed by atoms with E-state index in [1.54, 1.807) is 25.8 Å². The van der Waals surface area contributed by atoms with Gasteiger partial charge in [0.15, 0.2) is 0 Å². The van der Waals surface area contributed by atoms with Gasteiger partial charge in [0, 0.05) is 36.4 Å². The maximum Gasteiger partial charge on any atom is 0.253 e. The molecule has 0 saturated carbocycles. The Morgan fingerprint density at radius 2 is 1.67 bits per heavy atom. The Morgan fingerprint density at radius 3 is 2.12 bits per heavy atom. The van der Waals surface area contributed by atoms with Gasteiger partial charge >= 0.3 is 0 Å². The predicted molar refractivity (Wildman–Crippen MR) is 98.2 cm³/mol. The Balaban J connectivity index is 2.73. The second kappa shape index (κ2) is 6.95. The predicted octanol–water partition coefficient (Wildman–Crippen LogP) is 3.80. The molecule has 0 spiro atoms. The molecule has 0 fully saturated rings. The van der Waals surface area contributed by atoms with Crippen LogP contribution in [-0.4, -0.2) is 18.8 Å². The molecule has 0 bridgehead atoms. The fourth-order valence-corrected chi connectivity index (χ4v) is 2.88. The summed E-state index contributed by atoms with van der Waals surface area (Å²) in [5.74, 6) is 1.52. The first-order chi connectivity index (χ1) is 11.3. The number of ether oxygens (including phenoxy) is 2. The standard InChI is InChI=1S/C20H25NO3/c1-12(2)8-16-18(23-6)9-15(10-19(16)24-7)17-11-21(5)20(22)14(4)13(17)3/h9-11H,1,8H2,2-7H3. The minimum atomic E-state index is 0.0223. The Morgan fingerprint density at radius 1 is 1.12 bits per heavy atom. The van der Waals surface area contributed by atoms with Gasteiger partial charge in [-0.3, -0.25) is 4.79 Å². The van der Waals surface area contributed by atoms with E-state index in [9.17, 15) is 4.79 Å². The number of aryl methyl sites for hydroxylation is 1. The second-order valence-electron chi connectivity index (χ2n) is 6.20. The molecular weight excluding hydrogens is 302 g/mol. The van der Waals surface area contributed by atoms with Gasteiger partial charge in [0.2, 0.25) is 0 Å². The van der Waals surface area contributed by atoms with E-state index in [0.717, 1.165) is 44.9 Å². The summed E-state index contributed by atoms with van der Waals surface area (Å²) in [6.07, 6.45) is 2.55. The molecule has 0 saturated heterocycles. The molecule has 0 aliphatic carbocycles. The second-order valence-corrected chi connectivity index (χ2v) is 6.20. The lowest BCUT2D eigenvalue weighted by molar-refractivity contribution is 0.387. The number of benzene rings is 1. The highest BCUT2D eigenvalue weighted by Gasteiger charge is 2.16. The third kappa shape index (κ3) is 3.23. The molecule has 4 nitrogen and oxygen atoms in total. The minimum absolute atomic E-state index is 0.0223. The number of hydrogen-bond acceptors (Lipinski definition) is 3. The first-order valence-electron chi connectivity index (χ1n) is 7.86. The molecule has 1 heterocycles. The molecule has 4 heteroatoms. The Kier molecular flexibility index (Phi) is 5.17. The van der Waals surface area contributed by atoms with Crippen molar-refractivity contribution in [3.63, 3.8) is 0 Å². The van der Waals surface area contributed by atoms with Crippen LogP contribution in [-0.2, 0) is 13.5 Å². The van der Waals surface area contributed by atoms with Crippen LogP contribution < -0.4 is 15.0 Å². The van der Waals surface area contributed by atoms with Gasteiger partial charge in [0.05, 0.1) is 14.2 Å². The molecule has 0 aliphatic heterocycles. The summed E-state index contributed by atoms with van der Waals surface area (Å²) in [6.45, 7) is 9.78. The first kappa shape index (κ1) is 17.9. The van der Waals surface area contributed by atoms with Crippen LogP contribution in [0, 0.1) is 13.8 Å². The first-order valence-corrected chi connectivity index (χ1v) is 7.86. The zero-order valence-corrected chi connectivity index (χ0v) is 15.3. The summed E-state index contributed by atoms with van der Waals surface area (Å²) in [7, 11) is 5.07. The maximum absolute atomic E-state index is 12.1. The van der Waals surface area contributed by atoms with Gasteiger partial charge in [-0.05, 0) is 44.0 Å². The molecule has 1 aromatic heterocycles. The average Bonchev–Trinajstić information content (AvgIpc) is 2.55. The molecular formula is C20H25NO3. The summed E-state index contributed by atoms with van der Waals surface area (Å²) in [4.78, 5) is 12.1. The van der Waals surface area contributed by atoms with Crippen LogP contribution in [0.1, 0.15) is 23.6 Å². The number of allylic oxidation sites excluding steroid dienone is 1. The van der Waals surface area contributed by atoms with E-state index in [-0.39, 0.29) is 5.56 Å². The Bertz CT molecular complexity index is 822. The number of nitrogens with zero attached hydrogens (tertiary/aromatic N) is 1. The molecule has 0 aliphatic rings. The van der Waals surface area contributed by atoms with Crippen molar-refractivity contribution < 1.29 is 9.47 Å².